The summed E-state index contributed by atoms with van der Waals surface area (Å²) >= 11 is 0. The lowest BCUT2D eigenvalue weighted by Crippen LogP contribution is -2.49. The molecule has 188 valence electrons. The summed E-state index contributed by atoms with van der Waals surface area (Å²) in [5.41, 5.74) is 2.59. The molecule has 4 rings (SSSR count). The van der Waals surface area contributed by atoms with Crippen LogP contribution in [0.5, 0.6) is 0 Å². The highest BCUT2D eigenvalue weighted by Crippen LogP contribution is 2.27. The molecule has 0 saturated carbocycles. The van der Waals surface area contributed by atoms with E-state index in [1.165, 1.54) is 0 Å². The molecule has 2 aromatic carbocycles. The van der Waals surface area contributed by atoms with Gasteiger partial charge in [0.2, 0.25) is 5.91 Å². The van der Waals surface area contributed by atoms with Crippen molar-refractivity contribution < 1.29 is 19.5 Å². The molecule has 0 atom stereocenters. The summed E-state index contributed by atoms with van der Waals surface area (Å²) in [7, 11) is 0. The number of aryl methyl sites for hydroxylation is 1. The molecule has 2 amide bonds. The predicted octanol–water partition coefficient (Wildman–Crippen LogP) is 3.14. The van der Waals surface area contributed by atoms with Crippen LogP contribution in [-0.2, 0) is 4.79 Å². The van der Waals surface area contributed by atoms with Crippen molar-refractivity contribution in [3.8, 4) is 0 Å². The molecule has 0 radical (unpaired) electrons. The highest BCUT2D eigenvalue weighted by atomic mass is 16.4. The first-order chi connectivity index (χ1) is 17.4. The number of piperazine rings is 1. The van der Waals surface area contributed by atoms with Gasteiger partial charge in [-0.05, 0) is 49.2 Å². The number of carbonyl (C=O) groups excluding carboxylic acids is 2. The third-order valence-electron chi connectivity index (χ3n) is 6.31. The summed E-state index contributed by atoms with van der Waals surface area (Å²) in [6.07, 6.45) is 0.902. The van der Waals surface area contributed by atoms with Crippen LogP contribution >= 0.6 is 0 Å². The number of nitrogens with one attached hydrogen (secondary N) is 2. The van der Waals surface area contributed by atoms with Crippen molar-refractivity contribution in [2.45, 2.75) is 20.3 Å². The lowest BCUT2D eigenvalue weighted by molar-refractivity contribution is -0.122. The number of hydrogen-bond acceptors (Lipinski definition) is 6. The van der Waals surface area contributed by atoms with Crippen LogP contribution in [0.3, 0.4) is 0 Å². The third-order valence-corrected chi connectivity index (χ3v) is 6.31. The maximum Gasteiger partial charge on any atom is 0.336 e. The molecule has 1 fully saturated rings. The van der Waals surface area contributed by atoms with E-state index in [-0.39, 0.29) is 17.4 Å². The molecular weight excluding hydrogens is 458 g/mol. The Bertz CT molecular complexity index is 1280. The van der Waals surface area contributed by atoms with Gasteiger partial charge in [-0.2, -0.15) is 0 Å². The maximum atomic E-state index is 12.7. The number of rotatable bonds is 8. The average Bonchev–Trinajstić information content (AvgIpc) is 2.87. The number of carbonyl (C=O) groups is 3. The predicted molar refractivity (Wildman–Crippen MR) is 140 cm³/mol. The summed E-state index contributed by atoms with van der Waals surface area (Å²) in [5, 5.41) is 16.1. The highest BCUT2D eigenvalue weighted by molar-refractivity contribution is 6.08. The summed E-state index contributed by atoms with van der Waals surface area (Å²) in [6, 6.07) is 14.0. The number of anilines is 2. The van der Waals surface area contributed by atoms with Crippen molar-refractivity contribution in [2.24, 2.45) is 0 Å². The summed E-state index contributed by atoms with van der Waals surface area (Å²) in [4.78, 5) is 45.7. The van der Waals surface area contributed by atoms with Gasteiger partial charge in [0.25, 0.3) is 5.91 Å². The van der Waals surface area contributed by atoms with Crippen molar-refractivity contribution in [3.05, 3.63) is 65.2 Å². The highest BCUT2D eigenvalue weighted by Gasteiger charge is 2.22. The molecule has 2 heterocycles. The van der Waals surface area contributed by atoms with E-state index in [0.717, 1.165) is 12.0 Å². The van der Waals surface area contributed by atoms with E-state index in [1.54, 1.807) is 36.4 Å². The van der Waals surface area contributed by atoms with Crippen molar-refractivity contribution in [1.29, 1.82) is 0 Å². The van der Waals surface area contributed by atoms with E-state index in [1.807, 2.05) is 30.9 Å². The van der Waals surface area contributed by atoms with Crippen LogP contribution in [0.2, 0.25) is 0 Å². The van der Waals surface area contributed by atoms with Crippen LogP contribution < -0.4 is 15.5 Å². The van der Waals surface area contributed by atoms with Crippen LogP contribution in [0.4, 0.5) is 11.5 Å². The molecule has 0 spiro atoms. The van der Waals surface area contributed by atoms with Gasteiger partial charge in [-0.25, -0.2) is 9.78 Å². The van der Waals surface area contributed by atoms with Gasteiger partial charge in [-0.1, -0.05) is 25.1 Å². The number of aromatic nitrogens is 1. The summed E-state index contributed by atoms with van der Waals surface area (Å²) in [6.45, 7) is 7.57. The third kappa shape index (κ3) is 5.80. The van der Waals surface area contributed by atoms with Crippen LogP contribution in [0.1, 0.15) is 39.6 Å². The standard InChI is InChI=1S/C27H31N5O4/c1-3-10-28-25(33)17-31-11-13-32(14-12-31)24-16-22(27(35)36)21-15-19(8-9-23(21)30-24)29-26(34)20-7-5-4-6-18(20)2/h4-9,15-16H,3,10-14,17H2,1-2H3,(H,28,33)(H,29,34)(H,35,36). The van der Waals surface area contributed by atoms with E-state index in [2.05, 4.69) is 15.5 Å². The number of pyridine rings is 1. The molecule has 1 aliphatic rings. The first-order valence-electron chi connectivity index (χ1n) is 12.1. The minimum Gasteiger partial charge on any atom is -0.478 e. The minimum absolute atomic E-state index is 0.0209. The van der Waals surface area contributed by atoms with Crippen molar-refractivity contribution in [3.63, 3.8) is 0 Å². The molecule has 3 N–H and O–H groups in total. The zero-order valence-electron chi connectivity index (χ0n) is 20.6. The Morgan fingerprint density at radius 2 is 1.75 bits per heavy atom. The van der Waals surface area contributed by atoms with Gasteiger partial charge in [0.05, 0.1) is 17.6 Å². The van der Waals surface area contributed by atoms with Gasteiger partial charge >= 0.3 is 5.97 Å². The Labute approximate surface area is 210 Å². The number of carboxylic acids is 1. The number of benzene rings is 2. The van der Waals surface area contributed by atoms with Crippen LogP contribution in [0.15, 0.2) is 48.5 Å². The normalized spacial score (nSPS) is 14.0. The number of carboxylic acid groups (broad SMARTS) is 1. The molecule has 0 bridgehead atoms. The second kappa shape index (κ2) is 11.2. The van der Waals surface area contributed by atoms with E-state index >= 15 is 0 Å². The zero-order valence-corrected chi connectivity index (χ0v) is 20.6. The number of aromatic carboxylic acids is 1. The van der Waals surface area contributed by atoms with E-state index in [4.69, 9.17) is 4.98 Å². The monoisotopic (exact) mass is 489 g/mol. The molecule has 36 heavy (non-hydrogen) atoms. The smallest absolute Gasteiger partial charge is 0.336 e. The molecule has 1 aliphatic heterocycles. The van der Waals surface area contributed by atoms with Gasteiger partial charge in [0, 0.05) is 49.4 Å². The van der Waals surface area contributed by atoms with Crippen LogP contribution in [0, 0.1) is 6.92 Å². The second-order valence-corrected chi connectivity index (χ2v) is 8.95. The summed E-state index contributed by atoms with van der Waals surface area (Å²) in [5.74, 6) is -0.702. The average molecular weight is 490 g/mol. The fourth-order valence-corrected chi connectivity index (χ4v) is 4.31. The van der Waals surface area contributed by atoms with E-state index in [0.29, 0.717) is 67.2 Å². The molecule has 0 aliphatic carbocycles. The maximum absolute atomic E-state index is 12.7. The van der Waals surface area contributed by atoms with E-state index in [9.17, 15) is 19.5 Å². The fourth-order valence-electron chi connectivity index (χ4n) is 4.31. The van der Waals surface area contributed by atoms with Crippen molar-refractivity contribution >= 4 is 40.2 Å². The molecular formula is C27H31N5O4. The Morgan fingerprint density at radius 3 is 2.44 bits per heavy atom. The molecule has 0 unspecified atom stereocenters. The lowest BCUT2D eigenvalue weighted by Gasteiger charge is -2.35. The quantitative estimate of drug-likeness (QED) is 0.445. The van der Waals surface area contributed by atoms with Gasteiger partial charge in [0.1, 0.15) is 5.82 Å². The number of nitrogens with zero attached hydrogens (tertiary/aromatic N) is 3. The first-order valence-corrected chi connectivity index (χ1v) is 12.1. The Morgan fingerprint density at radius 1 is 1.00 bits per heavy atom. The van der Waals surface area contributed by atoms with Crippen molar-refractivity contribution in [1.82, 2.24) is 15.2 Å². The number of amides is 2. The van der Waals surface area contributed by atoms with Gasteiger partial charge in [-0.3, -0.25) is 14.5 Å². The fraction of sp³-hybridized carbons (Fsp3) is 0.333. The van der Waals surface area contributed by atoms with E-state index < -0.39 is 5.97 Å². The Kier molecular flexibility index (Phi) is 7.80. The van der Waals surface area contributed by atoms with Gasteiger partial charge < -0.3 is 20.6 Å². The number of hydrogen-bond donors (Lipinski definition) is 3. The molecule has 1 saturated heterocycles. The SMILES string of the molecule is CCCNC(=O)CN1CCN(c2cc(C(=O)O)c3cc(NC(=O)c4ccccc4C)ccc3n2)CC1. The first kappa shape index (κ1) is 25.1. The largest absolute Gasteiger partial charge is 0.478 e. The topological polar surface area (TPSA) is 115 Å². The minimum atomic E-state index is -1.06. The Hall–Kier alpha value is -3.98. The summed E-state index contributed by atoms with van der Waals surface area (Å²) < 4.78 is 0. The molecule has 3 aromatic rings. The Balaban J connectivity index is 1.51. The molecule has 1 aromatic heterocycles. The van der Waals surface area contributed by atoms with Crippen LogP contribution in [0.25, 0.3) is 10.9 Å². The zero-order chi connectivity index (χ0) is 25.7. The lowest BCUT2D eigenvalue weighted by atomic mass is 10.1. The van der Waals surface area contributed by atoms with Crippen molar-refractivity contribution in [2.75, 3.05) is 49.5 Å². The van der Waals surface area contributed by atoms with Crippen LogP contribution in [-0.4, -0.2) is 72.0 Å². The van der Waals surface area contributed by atoms with Gasteiger partial charge in [-0.15, -0.1) is 0 Å². The van der Waals surface area contributed by atoms with Gasteiger partial charge in [0.15, 0.2) is 0 Å². The molecule has 9 nitrogen and oxygen atoms in total. The molecule has 9 heteroatoms. The second-order valence-electron chi connectivity index (χ2n) is 8.95. The number of fused-ring (bicyclic) bond motifs is 1.